The highest BCUT2D eigenvalue weighted by Gasteiger charge is 2.27. The number of ether oxygens (including phenoxy) is 2. The zero-order valence-electron chi connectivity index (χ0n) is 14.6. The normalized spacial score (nSPS) is 12.4. The third-order valence-corrected chi connectivity index (χ3v) is 3.34. The third-order valence-electron chi connectivity index (χ3n) is 3.34. The van der Waals surface area contributed by atoms with Crippen LogP contribution in [0.2, 0.25) is 0 Å². The lowest BCUT2D eigenvalue weighted by atomic mass is 9.90. The Morgan fingerprint density at radius 1 is 1.29 bits per heavy atom. The summed E-state index contributed by atoms with van der Waals surface area (Å²) in [6, 6.07) is 4.81. The number of esters is 2. The maximum absolute atomic E-state index is 12.1. The fraction of sp³-hybridized carbons (Fsp3) is 0.529. The van der Waals surface area contributed by atoms with E-state index in [1.807, 2.05) is 0 Å². The number of aryl methyl sites for hydroxylation is 1. The minimum absolute atomic E-state index is 0.135. The van der Waals surface area contributed by atoms with Crippen molar-refractivity contribution < 1.29 is 24.0 Å². The molecule has 0 saturated carbocycles. The summed E-state index contributed by atoms with van der Waals surface area (Å²) in [7, 11) is 1.26. The predicted molar refractivity (Wildman–Crippen MR) is 87.6 cm³/mol. The van der Waals surface area contributed by atoms with Crippen molar-refractivity contribution in [2.24, 2.45) is 0 Å². The topological polar surface area (TPSA) is 95.7 Å². The van der Waals surface area contributed by atoms with Crippen LogP contribution in [0.4, 0.5) is 0 Å². The molecule has 0 radical (unpaired) electrons. The third kappa shape index (κ3) is 5.98. The van der Waals surface area contributed by atoms with Crippen molar-refractivity contribution in [2.75, 3.05) is 13.7 Å². The second kappa shape index (κ2) is 7.90. The van der Waals surface area contributed by atoms with Gasteiger partial charge in [0.25, 0.3) is 0 Å². The molecule has 1 atom stereocenters. The quantitative estimate of drug-likeness (QED) is 0.450. The standard InChI is InChI=1S/C17H23NO6/c1-11-6-7-12(16(20)23-5)8-14(11)13(10-18(21)22)9-15(19)24-17(2,3)4/h6-8,13H,9-10H2,1-5H3. The number of rotatable bonds is 6. The lowest BCUT2D eigenvalue weighted by Crippen LogP contribution is -2.26. The molecule has 0 heterocycles. The van der Waals surface area contributed by atoms with E-state index in [0.717, 1.165) is 5.56 Å². The number of carbonyl (C=O) groups is 2. The summed E-state index contributed by atoms with van der Waals surface area (Å²) in [5.74, 6) is -1.73. The summed E-state index contributed by atoms with van der Waals surface area (Å²) in [5.41, 5.74) is 0.952. The van der Waals surface area contributed by atoms with Crippen LogP contribution in [-0.4, -0.2) is 36.1 Å². The Balaban J connectivity index is 3.14. The summed E-state index contributed by atoms with van der Waals surface area (Å²) in [6.07, 6.45) is -0.135. The van der Waals surface area contributed by atoms with Gasteiger partial charge in [-0.25, -0.2) is 4.79 Å². The van der Waals surface area contributed by atoms with Gasteiger partial charge >= 0.3 is 11.9 Å². The monoisotopic (exact) mass is 337 g/mol. The Hall–Kier alpha value is -2.44. The Morgan fingerprint density at radius 3 is 2.42 bits per heavy atom. The van der Waals surface area contributed by atoms with E-state index in [1.54, 1.807) is 45.9 Å². The average Bonchev–Trinajstić information content (AvgIpc) is 2.43. The first-order valence-electron chi connectivity index (χ1n) is 7.56. The predicted octanol–water partition coefficient (Wildman–Crippen LogP) is 2.87. The van der Waals surface area contributed by atoms with E-state index in [1.165, 1.54) is 7.11 Å². The van der Waals surface area contributed by atoms with E-state index in [2.05, 4.69) is 4.74 Å². The second-order valence-electron chi connectivity index (χ2n) is 6.57. The van der Waals surface area contributed by atoms with Gasteiger partial charge in [-0.1, -0.05) is 6.07 Å². The van der Waals surface area contributed by atoms with Crippen LogP contribution in [0.1, 0.15) is 54.6 Å². The molecule has 7 nitrogen and oxygen atoms in total. The van der Waals surface area contributed by atoms with Crippen LogP contribution in [0.5, 0.6) is 0 Å². The van der Waals surface area contributed by atoms with Gasteiger partial charge in [-0.2, -0.15) is 0 Å². The molecule has 0 bridgehead atoms. The Bertz CT molecular complexity index is 632. The molecular weight excluding hydrogens is 314 g/mol. The van der Waals surface area contributed by atoms with Gasteiger partial charge in [0, 0.05) is 4.92 Å². The molecule has 1 aromatic carbocycles. The Kier molecular flexibility index (Phi) is 6.45. The summed E-state index contributed by atoms with van der Waals surface area (Å²) < 4.78 is 9.93. The molecule has 0 spiro atoms. The van der Waals surface area contributed by atoms with E-state index < -0.39 is 34.9 Å². The van der Waals surface area contributed by atoms with Gasteiger partial charge in [-0.15, -0.1) is 0 Å². The van der Waals surface area contributed by atoms with Crippen LogP contribution in [0.25, 0.3) is 0 Å². The number of benzene rings is 1. The molecule has 0 saturated heterocycles. The van der Waals surface area contributed by atoms with Crippen molar-refractivity contribution in [3.63, 3.8) is 0 Å². The van der Waals surface area contributed by atoms with Gasteiger partial charge in [-0.3, -0.25) is 14.9 Å². The molecule has 24 heavy (non-hydrogen) atoms. The van der Waals surface area contributed by atoms with Gasteiger partial charge in [0.05, 0.1) is 25.0 Å². The number of hydrogen-bond acceptors (Lipinski definition) is 6. The van der Waals surface area contributed by atoms with Crippen molar-refractivity contribution in [3.8, 4) is 0 Å². The summed E-state index contributed by atoms with van der Waals surface area (Å²) >= 11 is 0. The van der Waals surface area contributed by atoms with Crippen LogP contribution in [0.15, 0.2) is 18.2 Å². The first kappa shape index (κ1) is 19.6. The molecule has 0 aromatic heterocycles. The fourth-order valence-corrected chi connectivity index (χ4v) is 2.36. The minimum Gasteiger partial charge on any atom is -0.465 e. The molecule has 0 fully saturated rings. The molecule has 0 amide bonds. The van der Waals surface area contributed by atoms with Crippen LogP contribution in [-0.2, 0) is 14.3 Å². The largest absolute Gasteiger partial charge is 0.465 e. The zero-order valence-corrected chi connectivity index (χ0v) is 14.6. The van der Waals surface area contributed by atoms with Crippen molar-refractivity contribution in [3.05, 3.63) is 45.0 Å². The summed E-state index contributed by atoms with van der Waals surface area (Å²) in [5, 5.41) is 11.0. The molecule has 0 aliphatic rings. The van der Waals surface area contributed by atoms with Crippen molar-refractivity contribution in [1.29, 1.82) is 0 Å². The molecule has 7 heteroatoms. The summed E-state index contributed by atoms with van der Waals surface area (Å²) in [6.45, 7) is 6.55. The average molecular weight is 337 g/mol. The van der Waals surface area contributed by atoms with Crippen molar-refractivity contribution in [1.82, 2.24) is 0 Å². The lowest BCUT2D eigenvalue weighted by molar-refractivity contribution is -0.483. The maximum atomic E-state index is 12.1. The molecule has 1 aromatic rings. The second-order valence-corrected chi connectivity index (χ2v) is 6.57. The smallest absolute Gasteiger partial charge is 0.337 e. The Morgan fingerprint density at radius 2 is 1.92 bits per heavy atom. The first-order valence-corrected chi connectivity index (χ1v) is 7.56. The molecule has 132 valence electrons. The Labute approximate surface area is 141 Å². The van der Waals surface area contributed by atoms with Crippen LogP contribution < -0.4 is 0 Å². The van der Waals surface area contributed by atoms with E-state index in [4.69, 9.17) is 4.74 Å². The molecule has 0 aliphatic heterocycles. The molecule has 1 rings (SSSR count). The van der Waals surface area contributed by atoms with Crippen LogP contribution >= 0.6 is 0 Å². The highest BCUT2D eigenvalue weighted by molar-refractivity contribution is 5.89. The van der Waals surface area contributed by atoms with Gasteiger partial charge in [0.15, 0.2) is 0 Å². The number of methoxy groups -OCH3 is 1. The van der Waals surface area contributed by atoms with Gasteiger partial charge in [-0.05, 0) is 51.0 Å². The molecular formula is C17H23NO6. The maximum Gasteiger partial charge on any atom is 0.337 e. The van der Waals surface area contributed by atoms with Gasteiger partial charge in [0.1, 0.15) is 5.60 Å². The lowest BCUT2D eigenvalue weighted by Gasteiger charge is -2.22. The van der Waals surface area contributed by atoms with Crippen LogP contribution in [0.3, 0.4) is 0 Å². The number of nitro groups is 1. The summed E-state index contributed by atoms with van der Waals surface area (Å²) in [4.78, 5) is 34.3. The highest BCUT2D eigenvalue weighted by Crippen LogP contribution is 2.26. The van der Waals surface area contributed by atoms with Crippen molar-refractivity contribution >= 4 is 11.9 Å². The van der Waals surface area contributed by atoms with E-state index in [0.29, 0.717) is 5.56 Å². The van der Waals surface area contributed by atoms with Gasteiger partial charge in [0.2, 0.25) is 6.54 Å². The van der Waals surface area contributed by atoms with E-state index >= 15 is 0 Å². The molecule has 0 N–H and O–H groups in total. The van der Waals surface area contributed by atoms with E-state index in [-0.39, 0.29) is 12.0 Å². The number of hydrogen-bond donors (Lipinski definition) is 0. The fourth-order valence-electron chi connectivity index (χ4n) is 2.36. The SMILES string of the molecule is COC(=O)c1ccc(C)c(C(CC(=O)OC(C)(C)C)C[N+](=O)[O-])c1. The molecule has 1 unspecified atom stereocenters. The molecule has 0 aliphatic carbocycles. The van der Waals surface area contributed by atoms with E-state index in [9.17, 15) is 19.7 Å². The van der Waals surface area contributed by atoms with Crippen molar-refractivity contribution in [2.45, 2.75) is 45.6 Å². The van der Waals surface area contributed by atoms with Gasteiger partial charge < -0.3 is 9.47 Å². The van der Waals surface area contributed by atoms with Crippen LogP contribution in [0, 0.1) is 17.0 Å². The minimum atomic E-state index is -0.681. The number of nitrogens with zero attached hydrogens (tertiary/aromatic N) is 1. The highest BCUT2D eigenvalue weighted by atomic mass is 16.6. The first-order chi connectivity index (χ1) is 11.0. The number of carbonyl (C=O) groups excluding carboxylic acids is 2. The zero-order chi connectivity index (χ0) is 18.5.